The number of nitrogens with one attached hydrogen (secondary N) is 2. The number of fused-ring (bicyclic) bond motifs is 2. The van der Waals surface area contributed by atoms with Crippen LogP contribution in [0.1, 0.15) is 23.7 Å². The molecule has 5 rings (SSSR count). The van der Waals surface area contributed by atoms with Crippen LogP contribution in [0.3, 0.4) is 0 Å². The molecule has 0 amide bonds. The number of aryl methyl sites for hydroxylation is 2. The topological polar surface area (TPSA) is 111 Å². The molecule has 0 bridgehead atoms. The minimum Gasteiger partial charge on any atom is -0.377 e. The Morgan fingerprint density at radius 2 is 2.20 bits per heavy atom. The normalized spacial score (nSPS) is 22.4. The highest BCUT2D eigenvalue weighted by atomic mass is 16.5. The molecule has 0 spiro atoms. The summed E-state index contributed by atoms with van der Waals surface area (Å²) in [6.45, 7) is 0.927. The molecule has 1 aliphatic heterocycles. The van der Waals surface area contributed by atoms with Crippen molar-refractivity contribution in [2.24, 2.45) is 0 Å². The number of hydrogen-bond acceptors (Lipinski definition) is 7. The summed E-state index contributed by atoms with van der Waals surface area (Å²) in [6, 6.07) is 1.44. The average molecular weight is 339 g/mol. The van der Waals surface area contributed by atoms with Crippen molar-refractivity contribution in [3.63, 3.8) is 0 Å². The first-order valence-corrected chi connectivity index (χ1v) is 8.39. The van der Waals surface area contributed by atoms with Gasteiger partial charge in [0.1, 0.15) is 17.9 Å². The molecule has 2 unspecified atom stereocenters. The van der Waals surface area contributed by atoms with Gasteiger partial charge < -0.3 is 15.0 Å². The fourth-order valence-electron chi connectivity index (χ4n) is 3.62. The number of ether oxygens (including phenoxy) is 1. The van der Waals surface area contributed by atoms with E-state index in [1.807, 2.05) is 0 Å². The molecule has 2 aliphatic rings. The van der Waals surface area contributed by atoms with E-state index in [2.05, 4.69) is 30.4 Å². The molecular weight excluding hydrogens is 322 g/mol. The Morgan fingerprint density at radius 3 is 3.16 bits per heavy atom. The van der Waals surface area contributed by atoms with E-state index in [4.69, 9.17) is 4.74 Å². The summed E-state index contributed by atoms with van der Waals surface area (Å²) in [6.07, 6.45) is 5.99. The molecule has 9 heteroatoms. The monoisotopic (exact) mass is 339 g/mol. The Morgan fingerprint density at radius 1 is 1.24 bits per heavy atom. The number of aromatic amines is 1. The third kappa shape index (κ3) is 2.39. The fraction of sp³-hybridized carbons (Fsp3) is 0.438. The Labute approximate surface area is 142 Å². The molecule has 0 radical (unpaired) electrons. The highest BCUT2D eigenvalue weighted by Crippen LogP contribution is 2.25. The van der Waals surface area contributed by atoms with Crippen molar-refractivity contribution in [3.8, 4) is 0 Å². The van der Waals surface area contributed by atoms with Crippen molar-refractivity contribution in [1.29, 1.82) is 0 Å². The van der Waals surface area contributed by atoms with E-state index in [9.17, 15) is 4.79 Å². The molecule has 3 aromatic rings. The van der Waals surface area contributed by atoms with E-state index < -0.39 is 0 Å². The Kier molecular flexibility index (Phi) is 3.27. The maximum atomic E-state index is 12.5. The SMILES string of the molecule is O=c1cc2c(nn1C1COCC1Nc1ncnc3nc[nH]c13)CCC2. The second-order valence-electron chi connectivity index (χ2n) is 6.43. The molecule has 0 saturated carbocycles. The van der Waals surface area contributed by atoms with Gasteiger partial charge in [0, 0.05) is 6.07 Å². The lowest BCUT2D eigenvalue weighted by Crippen LogP contribution is -2.38. The van der Waals surface area contributed by atoms with E-state index in [1.165, 1.54) is 6.33 Å². The van der Waals surface area contributed by atoms with Crippen LogP contribution in [0.4, 0.5) is 5.82 Å². The lowest BCUT2D eigenvalue weighted by atomic mass is 10.1. The van der Waals surface area contributed by atoms with Crippen molar-refractivity contribution >= 4 is 17.0 Å². The Balaban J connectivity index is 1.48. The van der Waals surface area contributed by atoms with Crippen LogP contribution in [0.25, 0.3) is 11.2 Å². The average Bonchev–Trinajstić information content (AvgIpc) is 3.34. The van der Waals surface area contributed by atoms with Crippen LogP contribution in [-0.4, -0.2) is 49.0 Å². The van der Waals surface area contributed by atoms with Gasteiger partial charge >= 0.3 is 0 Å². The Bertz CT molecular complexity index is 996. The summed E-state index contributed by atoms with van der Waals surface area (Å²) in [4.78, 5) is 28.1. The minimum absolute atomic E-state index is 0.0719. The van der Waals surface area contributed by atoms with Gasteiger partial charge in [-0.2, -0.15) is 5.10 Å². The summed E-state index contributed by atoms with van der Waals surface area (Å²) >= 11 is 0. The lowest BCUT2D eigenvalue weighted by molar-refractivity contribution is 0.182. The van der Waals surface area contributed by atoms with Gasteiger partial charge in [-0.25, -0.2) is 19.6 Å². The van der Waals surface area contributed by atoms with Crippen molar-refractivity contribution in [3.05, 3.63) is 40.3 Å². The first-order chi connectivity index (χ1) is 12.3. The maximum Gasteiger partial charge on any atom is 0.267 e. The summed E-state index contributed by atoms with van der Waals surface area (Å²) in [7, 11) is 0. The van der Waals surface area contributed by atoms with Gasteiger partial charge in [-0.15, -0.1) is 0 Å². The molecule has 0 aromatic carbocycles. The molecule has 25 heavy (non-hydrogen) atoms. The number of rotatable bonds is 3. The van der Waals surface area contributed by atoms with Crippen LogP contribution in [0.15, 0.2) is 23.5 Å². The van der Waals surface area contributed by atoms with Gasteiger partial charge in [-0.05, 0) is 24.8 Å². The van der Waals surface area contributed by atoms with E-state index >= 15 is 0 Å². The van der Waals surface area contributed by atoms with Gasteiger partial charge in [-0.3, -0.25) is 4.79 Å². The third-order valence-electron chi connectivity index (χ3n) is 4.89. The van der Waals surface area contributed by atoms with Crippen LogP contribution < -0.4 is 10.9 Å². The Hall–Kier alpha value is -2.81. The van der Waals surface area contributed by atoms with Gasteiger partial charge in [0.05, 0.1) is 31.3 Å². The fourth-order valence-corrected chi connectivity index (χ4v) is 3.62. The molecule has 1 aliphatic carbocycles. The number of aromatic nitrogens is 6. The van der Waals surface area contributed by atoms with Gasteiger partial charge in [-0.1, -0.05) is 0 Å². The van der Waals surface area contributed by atoms with Crippen molar-refractivity contribution < 1.29 is 4.74 Å². The lowest BCUT2D eigenvalue weighted by Gasteiger charge is -2.21. The number of anilines is 1. The predicted molar refractivity (Wildman–Crippen MR) is 89.5 cm³/mol. The van der Waals surface area contributed by atoms with Crippen LogP contribution in [0.2, 0.25) is 0 Å². The molecule has 128 valence electrons. The van der Waals surface area contributed by atoms with Crippen molar-refractivity contribution in [2.75, 3.05) is 18.5 Å². The zero-order valence-corrected chi connectivity index (χ0v) is 13.5. The summed E-state index contributed by atoms with van der Waals surface area (Å²) in [5, 5.41) is 7.98. The number of imidazole rings is 1. The largest absolute Gasteiger partial charge is 0.377 e. The van der Waals surface area contributed by atoms with E-state index in [0.717, 1.165) is 36.0 Å². The molecule has 1 saturated heterocycles. The quantitative estimate of drug-likeness (QED) is 0.713. The van der Waals surface area contributed by atoms with E-state index in [-0.39, 0.29) is 17.6 Å². The van der Waals surface area contributed by atoms with Crippen LogP contribution in [0, 0.1) is 0 Å². The zero-order valence-electron chi connectivity index (χ0n) is 13.5. The van der Waals surface area contributed by atoms with Crippen molar-refractivity contribution in [2.45, 2.75) is 31.3 Å². The molecule has 2 atom stereocenters. The summed E-state index contributed by atoms with van der Waals surface area (Å²) in [5.41, 5.74) is 3.38. The van der Waals surface area contributed by atoms with Gasteiger partial charge in [0.25, 0.3) is 5.56 Å². The zero-order chi connectivity index (χ0) is 16.8. The highest BCUT2D eigenvalue weighted by Gasteiger charge is 2.33. The van der Waals surface area contributed by atoms with E-state index in [1.54, 1.807) is 17.1 Å². The first kappa shape index (κ1) is 14.5. The van der Waals surface area contributed by atoms with Crippen LogP contribution >= 0.6 is 0 Å². The summed E-state index contributed by atoms with van der Waals surface area (Å²) < 4.78 is 7.20. The predicted octanol–water partition coefficient (Wildman–Crippen LogP) is 0.450. The number of hydrogen-bond donors (Lipinski definition) is 2. The highest BCUT2D eigenvalue weighted by molar-refractivity contribution is 5.82. The molecule has 9 nitrogen and oxygen atoms in total. The second-order valence-corrected chi connectivity index (χ2v) is 6.43. The van der Waals surface area contributed by atoms with Crippen LogP contribution in [0.5, 0.6) is 0 Å². The molecule has 2 N–H and O–H groups in total. The van der Waals surface area contributed by atoms with Crippen molar-refractivity contribution in [1.82, 2.24) is 29.7 Å². The standard InChI is InChI=1S/C16H17N7O2/c24-13-4-9-2-1-3-10(9)22-23(13)12-6-25-5-11(12)21-16-14-15(18-7-17-14)19-8-20-16/h4,7-8,11-12H,1-3,5-6H2,(H2,17,18,19,20,21). The smallest absolute Gasteiger partial charge is 0.267 e. The number of nitrogens with zero attached hydrogens (tertiary/aromatic N) is 5. The van der Waals surface area contributed by atoms with Gasteiger partial charge in [0.15, 0.2) is 11.5 Å². The number of H-pyrrole nitrogens is 1. The van der Waals surface area contributed by atoms with Gasteiger partial charge in [0.2, 0.25) is 0 Å². The van der Waals surface area contributed by atoms with E-state index in [0.29, 0.717) is 24.7 Å². The van der Waals surface area contributed by atoms with Crippen LogP contribution in [-0.2, 0) is 17.6 Å². The molecule has 1 fully saturated rings. The first-order valence-electron chi connectivity index (χ1n) is 8.39. The third-order valence-corrected chi connectivity index (χ3v) is 4.89. The molecule has 3 aromatic heterocycles. The molecule has 4 heterocycles. The molecular formula is C16H17N7O2. The summed E-state index contributed by atoms with van der Waals surface area (Å²) in [5.74, 6) is 0.650. The second kappa shape index (κ2) is 5.62. The maximum absolute atomic E-state index is 12.5. The minimum atomic E-state index is -0.175.